The van der Waals surface area contributed by atoms with Crippen molar-refractivity contribution in [2.75, 3.05) is 38.4 Å². The van der Waals surface area contributed by atoms with E-state index in [1.807, 2.05) is 6.92 Å². The van der Waals surface area contributed by atoms with Crippen LogP contribution in [-0.2, 0) is 14.2 Å². The molecule has 3 nitrogen and oxygen atoms in total. The molecule has 13 heavy (non-hydrogen) atoms. The van der Waals surface area contributed by atoms with Gasteiger partial charge in [0.1, 0.15) is 5.01 Å². The second-order valence-electron chi connectivity index (χ2n) is 2.33. The molecule has 0 heterocycles. The molecule has 0 rings (SSSR count). The minimum atomic E-state index is 0.0979. The number of hydrogen-bond donors (Lipinski definition) is 0. The standard InChI is InChI=1S/C8H16Br2O3/c1-8(10)13-7-6-12-5-4-11-3-2-9/h8H,2-7H2,1H3/t8-/m1/s1. The second-order valence-corrected chi connectivity index (χ2v) is 4.41. The summed E-state index contributed by atoms with van der Waals surface area (Å²) in [6.45, 7) is 5.18. The minimum absolute atomic E-state index is 0.0979. The van der Waals surface area contributed by atoms with Crippen LogP contribution in [0.1, 0.15) is 6.92 Å². The Labute approximate surface area is 96.4 Å². The number of alkyl halides is 2. The van der Waals surface area contributed by atoms with E-state index in [9.17, 15) is 0 Å². The highest BCUT2D eigenvalue weighted by Gasteiger charge is 1.94. The van der Waals surface area contributed by atoms with E-state index in [4.69, 9.17) is 14.2 Å². The van der Waals surface area contributed by atoms with Gasteiger partial charge in [0.05, 0.1) is 33.0 Å². The van der Waals surface area contributed by atoms with Crippen LogP contribution in [0.3, 0.4) is 0 Å². The van der Waals surface area contributed by atoms with Gasteiger partial charge in [0.25, 0.3) is 0 Å². The fraction of sp³-hybridized carbons (Fsp3) is 1.00. The maximum absolute atomic E-state index is 5.24. The Bertz CT molecular complexity index is 101. The third-order valence-electron chi connectivity index (χ3n) is 1.17. The molecule has 5 heteroatoms. The van der Waals surface area contributed by atoms with Crippen molar-refractivity contribution in [1.29, 1.82) is 0 Å². The summed E-state index contributed by atoms with van der Waals surface area (Å²) < 4.78 is 15.6. The van der Waals surface area contributed by atoms with Gasteiger partial charge in [0.2, 0.25) is 0 Å². The number of ether oxygens (including phenoxy) is 3. The zero-order chi connectivity index (χ0) is 9.94. The molecule has 0 bridgehead atoms. The molecule has 0 spiro atoms. The molecule has 1 atom stereocenters. The van der Waals surface area contributed by atoms with Crippen molar-refractivity contribution < 1.29 is 14.2 Å². The third kappa shape index (κ3) is 12.8. The molecule has 0 aliphatic rings. The first-order chi connectivity index (χ1) is 6.27. The fourth-order valence-corrected chi connectivity index (χ4v) is 1.06. The van der Waals surface area contributed by atoms with Crippen LogP contribution in [0.2, 0.25) is 0 Å². The molecule has 0 unspecified atom stereocenters. The van der Waals surface area contributed by atoms with E-state index in [-0.39, 0.29) is 5.01 Å². The molecule has 0 fully saturated rings. The van der Waals surface area contributed by atoms with Crippen LogP contribution in [0.5, 0.6) is 0 Å². The predicted octanol–water partition coefficient (Wildman–Crippen LogP) is 2.17. The lowest BCUT2D eigenvalue weighted by molar-refractivity contribution is 0.0156. The Kier molecular flexibility index (Phi) is 11.6. The Morgan fingerprint density at radius 1 is 1.00 bits per heavy atom. The average Bonchev–Trinajstić information content (AvgIpc) is 2.09. The summed E-state index contributed by atoms with van der Waals surface area (Å²) in [5.41, 5.74) is 0. The van der Waals surface area contributed by atoms with Crippen LogP contribution in [-0.4, -0.2) is 43.4 Å². The van der Waals surface area contributed by atoms with Gasteiger partial charge in [-0.2, -0.15) is 0 Å². The summed E-state index contributed by atoms with van der Waals surface area (Å²) in [7, 11) is 0. The van der Waals surface area contributed by atoms with Crippen molar-refractivity contribution in [3.05, 3.63) is 0 Å². The van der Waals surface area contributed by atoms with Crippen molar-refractivity contribution >= 4 is 31.9 Å². The highest BCUT2D eigenvalue weighted by molar-refractivity contribution is 9.09. The lowest BCUT2D eigenvalue weighted by Gasteiger charge is -2.07. The molecule has 0 amide bonds. The number of hydrogen-bond acceptors (Lipinski definition) is 3. The van der Waals surface area contributed by atoms with Gasteiger partial charge in [-0.05, 0) is 6.92 Å². The summed E-state index contributed by atoms with van der Waals surface area (Å²) in [6.07, 6.45) is 0. The molecular formula is C8H16Br2O3. The molecule has 0 saturated carbocycles. The molecule has 0 aliphatic heterocycles. The molecule has 0 aromatic rings. The van der Waals surface area contributed by atoms with Crippen LogP contribution in [0.15, 0.2) is 0 Å². The normalized spacial score (nSPS) is 13.2. The highest BCUT2D eigenvalue weighted by atomic mass is 79.9. The van der Waals surface area contributed by atoms with Crippen LogP contribution < -0.4 is 0 Å². The molecule has 0 saturated heterocycles. The van der Waals surface area contributed by atoms with Crippen molar-refractivity contribution in [2.24, 2.45) is 0 Å². The number of rotatable bonds is 9. The van der Waals surface area contributed by atoms with Gasteiger partial charge >= 0.3 is 0 Å². The van der Waals surface area contributed by atoms with Gasteiger partial charge in [0, 0.05) is 5.33 Å². The van der Waals surface area contributed by atoms with E-state index in [0.29, 0.717) is 26.4 Å². The summed E-state index contributed by atoms with van der Waals surface area (Å²) in [6, 6.07) is 0. The Morgan fingerprint density at radius 3 is 2.08 bits per heavy atom. The fourth-order valence-electron chi connectivity index (χ4n) is 0.646. The topological polar surface area (TPSA) is 27.7 Å². The Hall–Kier alpha value is 0.840. The van der Waals surface area contributed by atoms with E-state index in [1.54, 1.807) is 0 Å². The summed E-state index contributed by atoms with van der Waals surface area (Å²) in [5.74, 6) is 0. The molecule has 0 aromatic carbocycles. The SMILES string of the molecule is C[C@H](Br)OCCOCCOCCBr. The van der Waals surface area contributed by atoms with Crippen molar-refractivity contribution in [3.8, 4) is 0 Å². The van der Waals surface area contributed by atoms with Gasteiger partial charge in [-0.15, -0.1) is 0 Å². The molecule has 0 N–H and O–H groups in total. The zero-order valence-corrected chi connectivity index (χ0v) is 11.0. The quantitative estimate of drug-likeness (QED) is 0.481. The van der Waals surface area contributed by atoms with Gasteiger partial charge in [-0.25, -0.2) is 0 Å². The predicted molar refractivity (Wildman–Crippen MR) is 59.8 cm³/mol. The minimum Gasteiger partial charge on any atom is -0.378 e. The summed E-state index contributed by atoms with van der Waals surface area (Å²) in [4.78, 5) is 0. The van der Waals surface area contributed by atoms with E-state index >= 15 is 0 Å². The van der Waals surface area contributed by atoms with Crippen molar-refractivity contribution in [1.82, 2.24) is 0 Å². The van der Waals surface area contributed by atoms with E-state index in [0.717, 1.165) is 11.9 Å². The Morgan fingerprint density at radius 2 is 1.54 bits per heavy atom. The second kappa shape index (κ2) is 10.9. The highest BCUT2D eigenvalue weighted by Crippen LogP contribution is 1.97. The first-order valence-corrected chi connectivity index (χ1v) is 6.28. The van der Waals surface area contributed by atoms with Gasteiger partial charge in [0.15, 0.2) is 0 Å². The smallest absolute Gasteiger partial charge is 0.109 e. The Balaban J connectivity index is 2.84. The molecule has 0 aromatic heterocycles. The average molecular weight is 320 g/mol. The van der Waals surface area contributed by atoms with Gasteiger partial charge in [-0.3, -0.25) is 0 Å². The zero-order valence-electron chi connectivity index (χ0n) is 7.80. The lowest BCUT2D eigenvalue weighted by Crippen LogP contribution is -2.11. The maximum atomic E-state index is 5.24. The lowest BCUT2D eigenvalue weighted by atomic mass is 10.7. The summed E-state index contributed by atoms with van der Waals surface area (Å²) in [5, 5.41) is 0.970. The first-order valence-electron chi connectivity index (χ1n) is 4.24. The van der Waals surface area contributed by atoms with Crippen LogP contribution in [0.25, 0.3) is 0 Å². The monoisotopic (exact) mass is 318 g/mol. The molecule has 0 radical (unpaired) electrons. The maximum Gasteiger partial charge on any atom is 0.109 e. The molecule has 80 valence electrons. The summed E-state index contributed by atoms with van der Waals surface area (Å²) >= 11 is 6.54. The van der Waals surface area contributed by atoms with Crippen LogP contribution in [0, 0.1) is 0 Å². The third-order valence-corrected chi connectivity index (χ3v) is 1.76. The van der Waals surface area contributed by atoms with Crippen molar-refractivity contribution in [3.63, 3.8) is 0 Å². The number of halogens is 2. The van der Waals surface area contributed by atoms with E-state index < -0.39 is 0 Å². The molecular weight excluding hydrogens is 304 g/mol. The largest absolute Gasteiger partial charge is 0.378 e. The van der Waals surface area contributed by atoms with Gasteiger partial charge in [-0.1, -0.05) is 31.9 Å². The van der Waals surface area contributed by atoms with Gasteiger partial charge < -0.3 is 14.2 Å². The van der Waals surface area contributed by atoms with E-state index in [1.165, 1.54) is 0 Å². The molecule has 0 aliphatic carbocycles. The van der Waals surface area contributed by atoms with Crippen LogP contribution in [0.4, 0.5) is 0 Å². The van der Waals surface area contributed by atoms with E-state index in [2.05, 4.69) is 31.9 Å². The first kappa shape index (κ1) is 13.8. The van der Waals surface area contributed by atoms with Crippen molar-refractivity contribution in [2.45, 2.75) is 11.9 Å². The van der Waals surface area contributed by atoms with Crippen LogP contribution >= 0.6 is 31.9 Å².